The van der Waals surface area contributed by atoms with Gasteiger partial charge in [-0.25, -0.2) is 0 Å². The van der Waals surface area contributed by atoms with E-state index in [2.05, 4.69) is 5.32 Å². The van der Waals surface area contributed by atoms with Gasteiger partial charge in [-0.2, -0.15) is 0 Å². The van der Waals surface area contributed by atoms with Crippen LogP contribution < -0.4 is 11.1 Å². The van der Waals surface area contributed by atoms with Crippen LogP contribution in [0.5, 0.6) is 0 Å². The number of thiocarbonyl (C=S) groups is 1. The molecule has 1 rings (SSSR count). The third kappa shape index (κ3) is 3.98. The first-order valence-corrected chi connectivity index (χ1v) is 5.59. The fourth-order valence-electron chi connectivity index (χ4n) is 1.33. The van der Waals surface area contributed by atoms with Gasteiger partial charge in [0.25, 0.3) is 0 Å². The number of benzene rings is 1. The normalized spacial score (nSPS) is 10.2. The van der Waals surface area contributed by atoms with Gasteiger partial charge in [-0.3, -0.25) is 4.79 Å². The van der Waals surface area contributed by atoms with Crippen molar-refractivity contribution >= 4 is 28.8 Å². The van der Waals surface area contributed by atoms with Gasteiger partial charge in [0.05, 0.1) is 0 Å². The van der Waals surface area contributed by atoms with E-state index in [0.29, 0.717) is 17.3 Å². The molecule has 0 saturated carbocycles. The van der Waals surface area contributed by atoms with Crippen LogP contribution in [-0.2, 0) is 4.79 Å². The highest BCUT2D eigenvalue weighted by molar-refractivity contribution is 7.80. The molecule has 0 aliphatic heterocycles. The summed E-state index contributed by atoms with van der Waals surface area (Å²) in [5, 5.41) is 2.81. The minimum atomic E-state index is 0.00934. The number of hydrogen-bond acceptors (Lipinski definition) is 2. The van der Waals surface area contributed by atoms with Crippen LogP contribution in [0.1, 0.15) is 25.8 Å². The molecule has 0 aliphatic rings. The maximum absolute atomic E-state index is 11.5. The van der Waals surface area contributed by atoms with Gasteiger partial charge >= 0.3 is 0 Å². The summed E-state index contributed by atoms with van der Waals surface area (Å²) in [4.78, 5) is 11.9. The van der Waals surface area contributed by atoms with E-state index in [1.54, 1.807) is 6.07 Å². The molecule has 0 atom stereocenters. The average molecular weight is 236 g/mol. The molecule has 3 nitrogen and oxygen atoms in total. The van der Waals surface area contributed by atoms with Gasteiger partial charge < -0.3 is 11.1 Å². The number of hydrogen-bond donors (Lipinski definition) is 2. The molecule has 3 N–H and O–H groups in total. The van der Waals surface area contributed by atoms with Gasteiger partial charge in [0.15, 0.2) is 0 Å². The molecular formula is C12H16N2OS. The highest BCUT2D eigenvalue weighted by atomic mass is 32.1. The van der Waals surface area contributed by atoms with Crippen molar-refractivity contribution in [1.29, 1.82) is 0 Å². The van der Waals surface area contributed by atoms with E-state index in [4.69, 9.17) is 18.0 Å². The Labute approximate surface area is 101 Å². The Hall–Kier alpha value is -1.42. The molecule has 0 radical (unpaired) electrons. The molecule has 0 aliphatic carbocycles. The van der Waals surface area contributed by atoms with Crippen molar-refractivity contribution in [2.24, 2.45) is 11.7 Å². The Morgan fingerprint density at radius 3 is 2.75 bits per heavy atom. The monoisotopic (exact) mass is 236 g/mol. The van der Waals surface area contributed by atoms with Crippen molar-refractivity contribution in [3.05, 3.63) is 29.8 Å². The molecule has 0 spiro atoms. The first kappa shape index (κ1) is 12.6. The summed E-state index contributed by atoms with van der Waals surface area (Å²) in [5.41, 5.74) is 7.01. The summed E-state index contributed by atoms with van der Waals surface area (Å²) in [6, 6.07) is 7.24. The lowest BCUT2D eigenvalue weighted by Gasteiger charge is -2.08. The number of anilines is 1. The predicted octanol–water partition coefficient (Wildman–Crippen LogP) is 2.31. The van der Waals surface area contributed by atoms with Crippen LogP contribution in [-0.4, -0.2) is 10.9 Å². The van der Waals surface area contributed by atoms with Gasteiger partial charge in [-0.15, -0.1) is 0 Å². The molecule has 0 bridgehead atoms. The highest BCUT2D eigenvalue weighted by Gasteiger charge is 2.05. The second-order valence-corrected chi connectivity index (χ2v) is 4.53. The van der Waals surface area contributed by atoms with E-state index in [1.165, 1.54) is 0 Å². The minimum Gasteiger partial charge on any atom is -0.389 e. The SMILES string of the molecule is CC(C)CC(=O)Nc1cccc(C(N)=S)c1. The van der Waals surface area contributed by atoms with Crippen LogP contribution in [0.3, 0.4) is 0 Å². The van der Waals surface area contributed by atoms with Crippen LogP contribution in [0, 0.1) is 5.92 Å². The van der Waals surface area contributed by atoms with Crippen molar-refractivity contribution in [2.75, 3.05) is 5.32 Å². The fraction of sp³-hybridized carbons (Fsp3) is 0.333. The van der Waals surface area contributed by atoms with Crippen LogP contribution in [0.2, 0.25) is 0 Å². The first-order valence-electron chi connectivity index (χ1n) is 5.18. The minimum absolute atomic E-state index is 0.00934. The van der Waals surface area contributed by atoms with Gasteiger partial charge in [-0.05, 0) is 18.1 Å². The Morgan fingerprint density at radius 1 is 1.50 bits per heavy atom. The molecule has 1 amide bonds. The maximum Gasteiger partial charge on any atom is 0.224 e. The number of carbonyl (C=O) groups excluding carboxylic acids is 1. The Bertz CT molecular complexity index is 402. The second kappa shape index (κ2) is 5.61. The van der Waals surface area contributed by atoms with E-state index in [1.807, 2.05) is 32.0 Å². The fourth-order valence-corrected chi connectivity index (χ4v) is 1.46. The summed E-state index contributed by atoms with van der Waals surface area (Å²) in [5.74, 6) is 0.355. The molecule has 1 aromatic carbocycles. The zero-order valence-electron chi connectivity index (χ0n) is 9.49. The summed E-state index contributed by atoms with van der Waals surface area (Å²) in [6.45, 7) is 4.01. The largest absolute Gasteiger partial charge is 0.389 e. The lowest BCUT2D eigenvalue weighted by molar-refractivity contribution is -0.116. The molecule has 0 saturated heterocycles. The van der Waals surface area contributed by atoms with Crippen LogP contribution >= 0.6 is 12.2 Å². The molecule has 16 heavy (non-hydrogen) atoms. The number of nitrogens with two attached hydrogens (primary N) is 1. The van der Waals surface area contributed by atoms with E-state index in [9.17, 15) is 4.79 Å². The number of nitrogens with one attached hydrogen (secondary N) is 1. The van der Waals surface area contributed by atoms with Crippen molar-refractivity contribution in [2.45, 2.75) is 20.3 Å². The van der Waals surface area contributed by atoms with Crippen molar-refractivity contribution in [3.63, 3.8) is 0 Å². The quantitative estimate of drug-likeness (QED) is 0.789. The molecule has 0 heterocycles. The third-order valence-corrected chi connectivity index (χ3v) is 2.26. The average Bonchev–Trinajstić information content (AvgIpc) is 2.16. The highest BCUT2D eigenvalue weighted by Crippen LogP contribution is 2.12. The maximum atomic E-state index is 11.5. The zero-order chi connectivity index (χ0) is 12.1. The van der Waals surface area contributed by atoms with Crippen LogP contribution in [0.25, 0.3) is 0 Å². The number of rotatable bonds is 4. The Balaban J connectivity index is 2.70. The molecule has 4 heteroatoms. The smallest absolute Gasteiger partial charge is 0.224 e. The number of amides is 1. The Morgan fingerprint density at radius 2 is 2.19 bits per heavy atom. The summed E-state index contributed by atoms with van der Waals surface area (Å²) in [6.07, 6.45) is 0.511. The third-order valence-electron chi connectivity index (χ3n) is 2.02. The van der Waals surface area contributed by atoms with E-state index >= 15 is 0 Å². The predicted molar refractivity (Wildman–Crippen MR) is 70.4 cm³/mol. The lowest BCUT2D eigenvalue weighted by atomic mass is 10.1. The summed E-state index contributed by atoms with van der Waals surface area (Å²) < 4.78 is 0. The summed E-state index contributed by atoms with van der Waals surface area (Å²) in [7, 11) is 0. The van der Waals surface area contributed by atoms with Gasteiger partial charge in [0.1, 0.15) is 4.99 Å². The van der Waals surface area contributed by atoms with Gasteiger partial charge in [0.2, 0.25) is 5.91 Å². The van der Waals surface area contributed by atoms with E-state index in [-0.39, 0.29) is 5.91 Å². The Kier molecular flexibility index (Phi) is 4.43. The van der Waals surface area contributed by atoms with E-state index in [0.717, 1.165) is 11.3 Å². The first-order chi connectivity index (χ1) is 7.49. The molecule has 0 fully saturated rings. The number of carbonyl (C=O) groups is 1. The second-order valence-electron chi connectivity index (χ2n) is 4.09. The van der Waals surface area contributed by atoms with Crippen LogP contribution in [0.4, 0.5) is 5.69 Å². The topological polar surface area (TPSA) is 55.1 Å². The molecule has 0 aromatic heterocycles. The molecular weight excluding hydrogens is 220 g/mol. The molecule has 0 unspecified atom stereocenters. The van der Waals surface area contributed by atoms with E-state index < -0.39 is 0 Å². The van der Waals surface area contributed by atoms with Crippen molar-refractivity contribution in [3.8, 4) is 0 Å². The lowest BCUT2D eigenvalue weighted by Crippen LogP contribution is -2.15. The van der Waals surface area contributed by atoms with Gasteiger partial charge in [0, 0.05) is 17.7 Å². The standard InChI is InChI=1S/C12H16N2OS/c1-8(2)6-11(15)14-10-5-3-4-9(7-10)12(13)16/h3-5,7-8H,6H2,1-2H3,(H2,13,16)(H,14,15). The van der Waals surface area contributed by atoms with Crippen molar-refractivity contribution in [1.82, 2.24) is 0 Å². The van der Waals surface area contributed by atoms with Crippen molar-refractivity contribution < 1.29 is 4.79 Å². The molecule has 1 aromatic rings. The van der Waals surface area contributed by atoms with Crippen LogP contribution in [0.15, 0.2) is 24.3 Å². The molecule has 86 valence electrons. The summed E-state index contributed by atoms with van der Waals surface area (Å²) >= 11 is 4.87. The van der Waals surface area contributed by atoms with Gasteiger partial charge in [-0.1, -0.05) is 38.2 Å². The zero-order valence-corrected chi connectivity index (χ0v) is 10.3.